The summed E-state index contributed by atoms with van der Waals surface area (Å²) in [5.41, 5.74) is 4.69. The van der Waals surface area contributed by atoms with Crippen molar-refractivity contribution in [3.8, 4) is 0 Å². The average Bonchev–Trinajstić information content (AvgIpc) is 3.26. The van der Waals surface area contributed by atoms with Crippen LogP contribution in [0.3, 0.4) is 0 Å². The van der Waals surface area contributed by atoms with Crippen molar-refractivity contribution in [1.82, 2.24) is 9.62 Å². The number of anilines is 1. The lowest BCUT2D eigenvalue weighted by molar-refractivity contribution is 0.386. The molecular weight excluding hydrogens is 402 g/mol. The molecule has 0 unspecified atom stereocenters. The highest BCUT2D eigenvalue weighted by molar-refractivity contribution is 7.91. The molecule has 1 fully saturated rings. The topological polar surface area (TPSA) is 52.7 Å². The van der Waals surface area contributed by atoms with E-state index in [1.165, 1.54) is 16.9 Å². The Bertz CT molecular complexity index is 1030. The van der Waals surface area contributed by atoms with E-state index in [9.17, 15) is 8.42 Å². The van der Waals surface area contributed by atoms with E-state index in [4.69, 9.17) is 0 Å². The Balaban J connectivity index is 1.50. The Kier molecular flexibility index (Phi) is 5.81. The van der Waals surface area contributed by atoms with Crippen LogP contribution >= 0.6 is 11.3 Å². The summed E-state index contributed by atoms with van der Waals surface area (Å²) in [7, 11) is -3.46. The van der Waals surface area contributed by atoms with Gasteiger partial charge in [0, 0.05) is 54.6 Å². The number of benzene rings is 1. The third-order valence-electron chi connectivity index (χ3n) is 5.59. The van der Waals surface area contributed by atoms with Crippen molar-refractivity contribution >= 4 is 32.6 Å². The Hall–Kier alpha value is -2.09. The van der Waals surface area contributed by atoms with Crippen LogP contribution in [0, 0.1) is 0 Å². The molecule has 7 heteroatoms. The van der Waals surface area contributed by atoms with E-state index in [-0.39, 0.29) is 0 Å². The molecule has 0 spiro atoms. The zero-order valence-electron chi connectivity index (χ0n) is 16.9. The highest BCUT2D eigenvalue weighted by atomic mass is 32.2. The van der Waals surface area contributed by atoms with Gasteiger partial charge in [0.15, 0.2) is 0 Å². The van der Waals surface area contributed by atoms with Gasteiger partial charge >= 0.3 is 0 Å². The van der Waals surface area contributed by atoms with E-state index in [1.54, 1.807) is 10.4 Å². The van der Waals surface area contributed by atoms with E-state index >= 15 is 0 Å². The molecule has 2 aromatic rings. The van der Waals surface area contributed by atoms with E-state index in [1.807, 2.05) is 24.3 Å². The predicted octanol–water partition coefficient (Wildman–Crippen LogP) is 3.93. The summed E-state index contributed by atoms with van der Waals surface area (Å²) in [6.07, 6.45) is 3.19. The minimum absolute atomic E-state index is 0.429. The van der Waals surface area contributed by atoms with Crippen molar-refractivity contribution in [3.05, 3.63) is 64.7 Å². The molecule has 0 aliphatic carbocycles. The molecular formula is C22H27N3O2S2. The van der Waals surface area contributed by atoms with Crippen LogP contribution < -0.4 is 10.2 Å². The number of para-hydroxylation sites is 1. The number of dihydropyridines is 1. The molecule has 3 heterocycles. The van der Waals surface area contributed by atoms with Gasteiger partial charge in [-0.15, -0.1) is 11.3 Å². The van der Waals surface area contributed by atoms with E-state index in [0.29, 0.717) is 30.4 Å². The number of thiophene rings is 1. The maximum absolute atomic E-state index is 13.2. The largest absolute Gasteiger partial charge is 0.384 e. The fourth-order valence-corrected chi connectivity index (χ4v) is 6.70. The van der Waals surface area contributed by atoms with Crippen molar-refractivity contribution in [2.75, 3.05) is 37.6 Å². The van der Waals surface area contributed by atoms with Gasteiger partial charge < -0.3 is 10.2 Å². The number of nitrogens with zero attached hydrogens (tertiary/aromatic N) is 2. The molecule has 1 aromatic heterocycles. The van der Waals surface area contributed by atoms with Gasteiger partial charge in [-0.3, -0.25) is 0 Å². The summed E-state index contributed by atoms with van der Waals surface area (Å²) < 4.78 is 28.4. The minimum Gasteiger partial charge on any atom is -0.384 e. The zero-order valence-corrected chi connectivity index (χ0v) is 18.5. The standard InChI is InChI=1S/C22H27N3O2S2/c1-3-18-15-20(17(2)23-16-18)21-9-10-22(28-21)29(26,27)25-13-11-24(12-14-25)19-7-5-4-6-8-19/h4-10,15,23H,3,11-14,16H2,1-2H3. The number of hydrogen-bond donors (Lipinski definition) is 1. The van der Waals surface area contributed by atoms with Crippen LogP contribution in [0.2, 0.25) is 0 Å². The maximum atomic E-state index is 13.2. The number of nitrogens with one attached hydrogen (secondary N) is 1. The van der Waals surface area contributed by atoms with Crippen LogP contribution in [0.4, 0.5) is 5.69 Å². The van der Waals surface area contributed by atoms with Gasteiger partial charge in [-0.1, -0.05) is 36.8 Å². The fourth-order valence-electron chi connectivity index (χ4n) is 3.74. The van der Waals surface area contributed by atoms with Crippen LogP contribution in [0.5, 0.6) is 0 Å². The lowest BCUT2D eigenvalue weighted by Gasteiger charge is -2.35. The summed E-state index contributed by atoms with van der Waals surface area (Å²) in [5.74, 6) is 0. The van der Waals surface area contributed by atoms with Crippen molar-refractivity contribution < 1.29 is 8.42 Å². The fraction of sp³-hybridized carbons (Fsp3) is 0.364. The minimum atomic E-state index is -3.46. The van der Waals surface area contributed by atoms with Crippen molar-refractivity contribution in [1.29, 1.82) is 0 Å². The Morgan fingerprint density at radius 3 is 2.45 bits per heavy atom. The van der Waals surface area contributed by atoms with E-state index < -0.39 is 10.0 Å². The molecule has 29 heavy (non-hydrogen) atoms. The molecule has 0 atom stereocenters. The van der Waals surface area contributed by atoms with Gasteiger partial charge in [0.05, 0.1) is 0 Å². The van der Waals surface area contributed by atoms with Gasteiger partial charge in [0.1, 0.15) is 4.21 Å². The highest BCUT2D eigenvalue weighted by Gasteiger charge is 2.30. The van der Waals surface area contributed by atoms with Gasteiger partial charge in [-0.2, -0.15) is 4.31 Å². The number of rotatable bonds is 5. The van der Waals surface area contributed by atoms with Gasteiger partial charge in [-0.25, -0.2) is 8.42 Å². The quantitative estimate of drug-likeness (QED) is 0.783. The van der Waals surface area contributed by atoms with E-state index in [0.717, 1.165) is 34.8 Å². The monoisotopic (exact) mass is 429 g/mol. The smallest absolute Gasteiger partial charge is 0.252 e. The van der Waals surface area contributed by atoms with Crippen LogP contribution in [-0.4, -0.2) is 45.4 Å². The summed E-state index contributed by atoms with van der Waals surface area (Å²) in [6, 6.07) is 13.9. The summed E-state index contributed by atoms with van der Waals surface area (Å²) in [5, 5.41) is 3.42. The molecule has 1 N–H and O–H groups in total. The molecule has 0 bridgehead atoms. The number of piperazine rings is 1. The van der Waals surface area contributed by atoms with Crippen molar-refractivity contribution in [2.24, 2.45) is 0 Å². The molecule has 0 radical (unpaired) electrons. The van der Waals surface area contributed by atoms with Gasteiger partial charge in [-0.05, 0) is 37.6 Å². The third-order valence-corrected chi connectivity index (χ3v) is 9.07. The normalized spacial score (nSPS) is 18.6. The highest BCUT2D eigenvalue weighted by Crippen LogP contribution is 2.34. The molecule has 0 saturated carbocycles. The SMILES string of the molecule is CCC1=CC(c2ccc(S(=O)(=O)N3CCN(c4ccccc4)CC3)s2)=C(C)NC1. The second-order valence-electron chi connectivity index (χ2n) is 7.39. The number of sulfonamides is 1. The second kappa shape index (κ2) is 8.34. The summed E-state index contributed by atoms with van der Waals surface area (Å²) in [4.78, 5) is 3.24. The lowest BCUT2D eigenvalue weighted by atomic mass is 10.0. The molecule has 2 aliphatic heterocycles. The first-order valence-corrected chi connectivity index (χ1v) is 12.3. The van der Waals surface area contributed by atoms with Crippen molar-refractivity contribution in [2.45, 2.75) is 24.5 Å². The number of allylic oxidation sites excluding steroid dienone is 3. The molecule has 0 amide bonds. The number of hydrogen-bond acceptors (Lipinski definition) is 5. The molecule has 1 aromatic carbocycles. The summed E-state index contributed by atoms with van der Waals surface area (Å²) >= 11 is 1.37. The Morgan fingerprint density at radius 1 is 1.03 bits per heavy atom. The van der Waals surface area contributed by atoms with Crippen LogP contribution in [0.15, 0.2) is 64.0 Å². The van der Waals surface area contributed by atoms with E-state index in [2.05, 4.69) is 42.3 Å². The third kappa shape index (κ3) is 4.13. The lowest BCUT2D eigenvalue weighted by Crippen LogP contribution is -2.48. The van der Waals surface area contributed by atoms with Crippen LogP contribution in [0.25, 0.3) is 5.57 Å². The molecule has 5 nitrogen and oxygen atoms in total. The first-order valence-electron chi connectivity index (χ1n) is 10.0. The zero-order chi connectivity index (χ0) is 20.4. The first-order chi connectivity index (χ1) is 14.0. The molecule has 2 aliphatic rings. The average molecular weight is 430 g/mol. The predicted molar refractivity (Wildman–Crippen MR) is 121 cm³/mol. The molecule has 154 valence electrons. The molecule has 4 rings (SSSR count). The summed E-state index contributed by atoms with van der Waals surface area (Å²) in [6.45, 7) is 7.49. The second-order valence-corrected chi connectivity index (χ2v) is 10.6. The first kappa shape index (κ1) is 20.2. The van der Waals surface area contributed by atoms with Crippen LogP contribution in [0.1, 0.15) is 25.1 Å². The van der Waals surface area contributed by atoms with Gasteiger partial charge in [0.2, 0.25) is 0 Å². The van der Waals surface area contributed by atoms with Crippen LogP contribution in [-0.2, 0) is 10.0 Å². The Labute approximate surface area is 177 Å². The molecule has 1 saturated heterocycles. The van der Waals surface area contributed by atoms with Gasteiger partial charge in [0.25, 0.3) is 10.0 Å². The van der Waals surface area contributed by atoms with Crippen molar-refractivity contribution in [3.63, 3.8) is 0 Å². The maximum Gasteiger partial charge on any atom is 0.252 e. The Morgan fingerprint density at radius 2 is 1.76 bits per heavy atom.